The minimum absolute atomic E-state index is 0.497. The highest BCUT2D eigenvalue weighted by molar-refractivity contribution is 5.73. The molecule has 0 saturated carbocycles. The molecule has 0 saturated heterocycles. The van der Waals surface area contributed by atoms with Crippen LogP contribution < -0.4 is 9.47 Å². The molecule has 0 aliphatic carbocycles. The summed E-state index contributed by atoms with van der Waals surface area (Å²) in [7, 11) is 0. The van der Waals surface area contributed by atoms with Crippen LogP contribution in [0.1, 0.15) is 17.5 Å². The van der Waals surface area contributed by atoms with Crippen molar-refractivity contribution in [1.82, 2.24) is 15.2 Å². The largest absolute Gasteiger partial charge is 0.492 e. The maximum Gasteiger partial charge on any atom is 0.344 e. The quantitative estimate of drug-likeness (QED) is 0.697. The fourth-order valence-electron chi connectivity index (χ4n) is 3.08. The summed E-state index contributed by atoms with van der Waals surface area (Å²) >= 11 is 0. The first-order valence-electron chi connectivity index (χ1n) is 8.79. The molecule has 138 valence electrons. The van der Waals surface area contributed by atoms with Crippen LogP contribution >= 0.6 is 0 Å². The van der Waals surface area contributed by atoms with Gasteiger partial charge in [0.1, 0.15) is 11.5 Å². The fourth-order valence-corrected chi connectivity index (χ4v) is 3.08. The van der Waals surface area contributed by atoms with Gasteiger partial charge in [0.25, 0.3) is 0 Å². The second-order valence-corrected chi connectivity index (χ2v) is 6.37. The Kier molecular flexibility index (Phi) is 4.74. The van der Waals surface area contributed by atoms with Gasteiger partial charge >= 0.3 is 5.97 Å². The van der Waals surface area contributed by atoms with E-state index < -0.39 is 12.1 Å². The van der Waals surface area contributed by atoms with E-state index in [-0.39, 0.29) is 0 Å². The molecule has 0 radical (unpaired) electrons. The van der Waals surface area contributed by atoms with Gasteiger partial charge in [0.15, 0.2) is 6.10 Å². The highest BCUT2D eigenvalue weighted by Crippen LogP contribution is 2.29. The molecule has 27 heavy (non-hydrogen) atoms. The summed E-state index contributed by atoms with van der Waals surface area (Å²) in [5, 5.41) is 15.9. The van der Waals surface area contributed by atoms with Crippen molar-refractivity contribution >= 4 is 5.97 Å². The number of aliphatic carboxylic acids is 1. The van der Waals surface area contributed by atoms with Crippen LogP contribution in [-0.4, -0.2) is 39.0 Å². The monoisotopic (exact) mass is 365 g/mol. The number of ether oxygens (including phenoxy) is 2. The number of aromatic nitrogens is 3. The highest BCUT2D eigenvalue weighted by atomic mass is 16.5. The maximum absolute atomic E-state index is 11.0. The number of carboxylic acid groups (broad SMARTS) is 1. The van der Waals surface area contributed by atoms with Gasteiger partial charge in [0.2, 0.25) is 0 Å². The molecule has 2 N–H and O–H groups in total. The molecular weight excluding hydrogens is 346 g/mol. The number of aromatic amines is 1. The molecule has 4 rings (SSSR count). The van der Waals surface area contributed by atoms with Gasteiger partial charge in [-0.3, -0.25) is 10.1 Å². The molecule has 0 bridgehead atoms. The predicted octanol–water partition coefficient (Wildman–Crippen LogP) is 2.87. The van der Waals surface area contributed by atoms with Crippen molar-refractivity contribution in [2.24, 2.45) is 0 Å². The smallest absolute Gasteiger partial charge is 0.344 e. The lowest BCUT2D eigenvalue weighted by Gasteiger charge is -2.23. The van der Waals surface area contributed by atoms with Gasteiger partial charge in [-0.25, -0.2) is 4.79 Å². The summed E-state index contributed by atoms with van der Waals surface area (Å²) in [6.07, 6.45) is 4.59. The molecule has 3 aromatic rings. The van der Waals surface area contributed by atoms with Gasteiger partial charge in [-0.05, 0) is 48.2 Å². The SMILES string of the molecule is O=C(O)C1CCc2cc(CCOc3ccc(-c4ccn[nH]4)nc3)ccc2O1. The number of fused-ring (bicyclic) bond motifs is 1. The molecule has 0 spiro atoms. The number of H-pyrrole nitrogens is 1. The zero-order chi connectivity index (χ0) is 18.6. The van der Waals surface area contributed by atoms with E-state index in [0.29, 0.717) is 30.9 Å². The van der Waals surface area contributed by atoms with E-state index >= 15 is 0 Å². The summed E-state index contributed by atoms with van der Waals surface area (Å²) in [6.45, 7) is 0.530. The zero-order valence-corrected chi connectivity index (χ0v) is 14.6. The second kappa shape index (κ2) is 7.49. The number of nitrogens with zero attached hydrogens (tertiary/aromatic N) is 2. The highest BCUT2D eigenvalue weighted by Gasteiger charge is 2.25. The number of aryl methyl sites for hydroxylation is 1. The molecular formula is C20H19N3O4. The number of carbonyl (C=O) groups is 1. The van der Waals surface area contributed by atoms with E-state index in [1.165, 1.54) is 0 Å². The Balaban J connectivity index is 1.32. The summed E-state index contributed by atoms with van der Waals surface area (Å²) < 4.78 is 11.3. The average molecular weight is 365 g/mol. The second-order valence-electron chi connectivity index (χ2n) is 6.37. The van der Waals surface area contributed by atoms with E-state index in [0.717, 1.165) is 28.9 Å². The summed E-state index contributed by atoms with van der Waals surface area (Å²) in [5.41, 5.74) is 3.86. The topological polar surface area (TPSA) is 97.3 Å². The van der Waals surface area contributed by atoms with E-state index in [2.05, 4.69) is 21.2 Å². The maximum atomic E-state index is 11.0. The first-order valence-corrected chi connectivity index (χ1v) is 8.79. The van der Waals surface area contributed by atoms with E-state index in [1.807, 2.05) is 30.3 Å². The van der Waals surface area contributed by atoms with Crippen molar-refractivity contribution in [3.8, 4) is 22.9 Å². The molecule has 0 fully saturated rings. The standard InChI is InChI=1S/C20H19N3O4/c24-20(25)19-6-2-14-11-13(1-5-18(14)27-19)8-10-26-15-3-4-16(21-12-15)17-7-9-22-23-17/h1,3-5,7,9,11-12,19H,2,6,8,10H2,(H,22,23)(H,24,25). The number of hydrogen-bond acceptors (Lipinski definition) is 5. The van der Waals surface area contributed by atoms with E-state index in [4.69, 9.17) is 14.6 Å². The van der Waals surface area contributed by atoms with Crippen LogP contribution in [0.25, 0.3) is 11.4 Å². The Morgan fingerprint density at radius 2 is 2.22 bits per heavy atom. The van der Waals surface area contributed by atoms with Gasteiger partial charge < -0.3 is 14.6 Å². The molecule has 7 heteroatoms. The van der Waals surface area contributed by atoms with Crippen LogP contribution in [-0.2, 0) is 17.6 Å². The number of benzene rings is 1. The fraction of sp³-hybridized carbons (Fsp3) is 0.250. The summed E-state index contributed by atoms with van der Waals surface area (Å²) in [5.74, 6) is 0.464. The first-order chi connectivity index (χ1) is 13.2. The van der Waals surface area contributed by atoms with Crippen LogP contribution in [0, 0.1) is 0 Å². The summed E-state index contributed by atoms with van der Waals surface area (Å²) in [4.78, 5) is 15.4. The first kappa shape index (κ1) is 17.1. The molecule has 7 nitrogen and oxygen atoms in total. The van der Waals surface area contributed by atoms with Crippen molar-refractivity contribution in [2.75, 3.05) is 6.61 Å². The van der Waals surface area contributed by atoms with E-state index in [9.17, 15) is 4.79 Å². The lowest BCUT2D eigenvalue weighted by molar-refractivity contribution is -0.145. The Bertz CT molecular complexity index is 923. The molecule has 1 atom stereocenters. The number of nitrogens with one attached hydrogen (secondary N) is 1. The van der Waals surface area contributed by atoms with Gasteiger partial charge in [0.05, 0.1) is 24.2 Å². The number of rotatable bonds is 6. The van der Waals surface area contributed by atoms with Crippen LogP contribution in [0.2, 0.25) is 0 Å². The van der Waals surface area contributed by atoms with Gasteiger partial charge in [-0.1, -0.05) is 12.1 Å². The minimum Gasteiger partial charge on any atom is -0.492 e. The van der Waals surface area contributed by atoms with Crippen molar-refractivity contribution < 1.29 is 19.4 Å². The molecule has 0 amide bonds. The third-order valence-electron chi connectivity index (χ3n) is 4.52. The van der Waals surface area contributed by atoms with Gasteiger partial charge in [0, 0.05) is 12.6 Å². The average Bonchev–Trinajstić information content (AvgIpc) is 3.23. The molecule has 1 aliphatic heterocycles. The normalized spacial score (nSPS) is 15.6. The van der Waals surface area contributed by atoms with Crippen LogP contribution in [0.15, 0.2) is 48.8 Å². The van der Waals surface area contributed by atoms with E-state index in [1.54, 1.807) is 12.4 Å². The molecule has 1 aromatic carbocycles. The minimum atomic E-state index is -0.912. The summed E-state index contributed by atoms with van der Waals surface area (Å²) in [6, 6.07) is 11.5. The third-order valence-corrected chi connectivity index (χ3v) is 4.52. The van der Waals surface area contributed by atoms with Crippen molar-refractivity contribution in [2.45, 2.75) is 25.4 Å². The lowest BCUT2D eigenvalue weighted by Crippen LogP contribution is -2.30. The van der Waals surface area contributed by atoms with Gasteiger partial charge in [-0.15, -0.1) is 0 Å². The Labute approximate surface area is 156 Å². The van der Waals surface area contributed by atoms with Crippen molar-refractivity contribution in [1.29, 1.82) is 0 Å². The van der Waals surface area contributed by atoms with Crippen molar-refractivity contribution in [3.05, 3.63) is 59.9 Å². The number of pyridine rings is 1. The molecule has 1 aliphatic rings. The lowest BCUT2D eigenvalue weighted by atomic mass is 9.99. The molecule has 3 heterocycles. The Morgan fingerprint density at radius 1 is 1.30 bits per heavy atom. The molecule has 2 aromatic heterocycles. The Hall–Kier alpha value is -3.35. The van der Waals surface area contributed by atoms with Crippen LogP contribution in [0.5, 0.6) is 11.5 Å². The third kappa shape index (κ3) is 3.92. The number of carboxylic acids is 1. The van der Waals surface area contributed by atoms with Crippen molar-refractivity contribution in [3.63, 3.8) is 0 Å². The van der Waals surface area contributed by atoms with Crippen LogP contribution in [0.4, 0.5) is 0 Å². The zero-order valence-electron chi connectivity index (χ0n) is 14.6. The number of hydrogen-bond donors (Lipinski definition) is 2. The predicted molar refractivity (Wildman–Crippen MR) is 97.8 cm³/mol. The van der Waals surface area contributed by atoms with Gasteiger partial charge in [-0.2, -0.15) is 5.10 Å². The molecule has 1 unspecified atom stereocenters. The van der Waals surface area contributed by atoms with Crippen LogP contribution in [0.3, 0.4) is 0 Å². The Morgan fingerprint density at radius 3 is 2.96 bits per heavy atom.